The van der Waals surface area contributed by atoms with Crippen LogP contribution >= 0.6 is 0 Å². The summed E-state index contributed by atoms with van der Waals surface area (Å²) in [5.41, 5.74) is -0.352. The molecule has 130 valence electrons. The lowest BCUT2D eigenvalue weighted by molar-refractivity contribution is -0.385. The van der Waals surface area contributed by atoms with Gasteiger partial charge in [0.05, 0.1) is 16.6 Å². The molecule has 0 saturated carbocycles. The van der Waals surface area contributed by atoms with Gasteiger partial charge in [-0.2, -0.15) is 0 Å². The van der Waals surface area contributed by atoms with Crippen molar-refractivity contribution in [2.24, 2.45) is 0 Å². The third-order valence-electron chi connectivity index (χ3n) is 3.36. The van der Waals surface area contributed by atoms with Gasteiger partial charge < -0.3 is 10.6 Å². The lowest BCUT2D eigenvalue weighted by Crippen LogP contribution is -2.46. The van der Waals surface area contributed by atoms with E-state index in [9.17, 15) is 24.1 Å². The standard InChI is InChI=1S/C16H20FN3O4/c1-4-10(2)18-16(22)11(3)19-15(21)8-6-12-5-7-13(17)9-14(12)20(23)24/h5-11H,4H2,1-3H3,(H,18,22)(H,19,21). The molecule has 2 unspecified atom stereocenters. The van der Waals surface area contributed by atoms with Gasteiger partial charge in [-0.25, -0.2) is 4.39 Å². The zero-order chi connectivity index (χ0) is 18.3. The molecule has 0 radical (unpaired) electrons. The lowest BCUT2D eigenvalue weighted by atomic mass is 10.1. The summed E-state index contributed by atoms with van der Waals surface area (Å²) in [6.45, 7) is 5.30. The van der Waals surface area contributed by atoms with Crippen molar-refractivity contribution in [2.45, 2.75) is 39.3 Å². The van der Waals surface area contributed by atoms with Crippen molar-refractivity contribution in [3.05, 3.63) is 45.8 Å². The molecule has 0 bridgehead atoms. The maximum atomic E-state index is 13.0. The van der Waals surface area contributed by atoms with Gasteiger partial charge in [-0.3, -0.25) is 19.7 Å². The molecule has 1 aromatic rings. The highest BCUT2D eigenvalue weighted by molar-refractivity contribution is 5.95. The van der Waals surface area contributed by atoms with Crippen LogP contribution in [-0.4, -0.2) is 28.8 Å². The van der Waals surface area contributed by atoms with Gasteiger partial charge in [0, 0.05) is 12.1 Å². The molecule has 2 atom stereocenters. The molecule has 7 nitrogen and oxygen atoms in total. The molecule has 0 aliphatic rings. The molecule has 2 N–H and O–H groups in total. The second-order valence-corrected chi connectivity index (χ2v) is 5.34. The Kier molecular flexibility index (Phi) is 7.03. The van der Waals surface area contributed by atoms with Crippen LogP contribution in [0.15, 0.2) is 24.3 Å². The van der Waals surface area contributed by atoms with Crippen LogP contribution in [0.3, 0.4) is 0 Å². The van der Waals surface area contributed by atoms with E-state index in [2.05, 4.69) is 10.6 Å². The van der Waals surface area contributed by atoms with Crippen molar-refractivity contribution >= 4 is 23.6 Å². The van der Waals surface area contributed by atoms with Gasteiger partial charge in [-0.05, 0) is 38.5 Å². The summed E-state index contributed by atoms with van der Waals surface area (Å²) >= 11 is 0. The Labute approximate surface area is 139 Å². The maximum Gasteiger partial charge on any atom is 0.279 e. The van der Waals surface area contributed by atoms with Crippen LogP contribution in [0.2, 0.25) is 0 Å². The van der Waals surface area contributed by atoms with E-state index in [-0.39, 0.29) is 17.5 Å². The Bertz CT molecular complexity index is 661. The number of hydrogen-bond donors (Lipinski definition) is 2. The normalized spacial score (nSPS) is 13.3. The number of halogens is 1. The predicted octanol–water partition coefficient (Wildman–Crippen LogP) is 2.17. The SMILES string of the molecule is CCC(C)NC(=O)C(C)NC(=O)C=Cc1ccc(F)cc1[N+](=O)[O-]. The lowest BCUT2D eigenvalue weighted by Gasteiger charge is -2.16. The highest BCUT2D eigenvalue weighted by Gasteiger charge is 2.16. The summed E-state index contributed by atoms with van der Waals surface area (Å²) in [7, 11) is 0. The van der Waals surface area contributed by atoms with Crippen LogP contribution < -0.4 is 10.6 Å². The first-order chi connectivity index (χ1) is 11.2. The summed E-state index contributed by atoms with van der Waals surface area (Å²) in [6, 6.07) is 2.29. The average molecular weight is 337 g/mol. The molecule has 0 aromatic heterocycles. The number of benzene rings is 1. The van der Waals surface area contributed by atoms with Crippen molar-refractivity contribution in [3.8, 4) is 0 Å². The Hall–Kier alpha value is -2.77. The molecular weight excluding hydrogens is 317 g/mol. The number of rotatable bonds is 7. The Morgan fingerprint density at radius 2 is 2.00 bits per heavy atom. The Morgan fingerprint density at radius 1 is 1.33 bits per heavy atom. The molecule has 1 rings (SSSR count). The molecule has 24 heavy (non-hydrogen) atoms. The van der Waals surface area contributed by atoms with Crippen LogP contribution in [0.1, 0.15) is 32.8 Å². The number of hydrogen-bond acceptors (Lipinski definition) is 4. The first-order valence-electron chi connectivity index (χ1n) is 7.47. The van der Waals surface area contributed by atoms with E-state index in [0.29, 0.717) is 0 Å². The van der Waals surface area contributed by atoms with Crippen molar-refractivity contribution < 1.29 is 18.9 Å². The van der Waals surface area contributed by atoms with Crippen LogP contribution in [0.5, 0.6) is 0 Å². The average Bonchev–Trinajstić information content (AvgIpc) is 2.53. The van der Waals surface area contributed by atoms with Gasteiger partial charge in [0.15, 0.2) is 0 Å². The third kappa shape index (κ3) is 5.79. The Morgan fingerprint density at radius 3 is 2.58 bits per heavy atom. The van der Waals surface area contributed by atoms with E-state index in [4.69, 9.17) is 0 Å². The Balaban J connectivity index is 2.73. The second kappa shape index (κ2) is 8.76. The fourth-order valence-corrected chi connectivity index (χ4v) is 1.78. The smallest absolute Gasteiger partial charge is 0.279 e. The number of carbonyl (C=O) groups is 2. The first kappa shape index (κ1) is 19.3. The van der Waals surface area contributed by atoms with Crippen molar-refractivity contribution in [2.75, 3.05) is 0 Å². The van der Waals surface area contributed by atoms with Crippen molar-refractivity contribution in [3.63, 3.8) is 0 Å². The number of nitro benzene ring substituents is 1. The molecule has 0 heterocycles. The minimum Gasteiger partial charge on any atom is -0.352 e. The molecule has 0 saturated heterocycles. The molecule has 2 amide bonds. The van der Waals surface area contributed by atoms with E-state index < -0.39 is 28.4 Å². The van der Waals surface area contributed by atoms with Gasteiger partial charge in [0.1, 0.15) is 11.9 Å². The highest BCUT2D eigenvalue weighted by atomic mass is 19.1. The zero-order valence-corrected chi connectivity index (χ0v) is 13.7. The molecular formula is C16H20FN3O4. The number of nitrogens with zero attached hydrogens (tertiary/aromatic N) is 1. The fourth-order valence-electron chi connectivity index (χ4n) is 1.78. The number of amides is 2. The summed E-state index contributed by atoms with van der Waals surface area (Å²) in [4.78, 5) is 33.8. The second-order valence-electron chi connectivity index (χ2n) is 5.34. The van der Waals surface area contributed by atoms with Crippen LogP contribution in [0.25, 0.3) is 6.08 Å². The monoisotopic (exact) mass is 337 g/mol. The molecule has 1 aromatic carbocycles. The third-order valence-corrected chi connectivity index (χ3v) is 3.36. The minimum absolute atomic E-state index is 0.00532. The van der Waals surface area contributed by atoms with Crippen molar-refractivity contribution in [1.82, 2.24) is 10.6 Å². The van der Waals surface area contributed by atoms with E-state index >= 15 is 0 Å². The fraction of sp³-hybridized carbons (Fsp3) is 0.375. The summed E-state index contributed by atoms with van der Waals surface area (Å²) in [6.07, 6.45) is 3.03. The summed E-state index contributed by atoms with van der Waals surface area (Å²) < 4.78 is 13.0. The first-order valence-corrected chi connectivity index (χ1v) is 7.47. The van der Waals surface area contributed by atoms with Crippen molar-refractivity contribution in [1.29, 1.82) is 0 Å². The van der Waals surface area contributed by atoms with Crippen LogP contribution in [0.4, 0.5) is 10.1 Å². The number of nitrogens with one attached hydrogen (secondary N) is 2. The molecule has 0 fully saturated rings. The van der Waals surface area contributed by atoms with E-state index in [0.717, 1.165) is 24.6 Å². The summed E-state index contributed by atoms with van der Waals surface area (Å²) in [5.74, 6) is -1.64. The minimum atomic E-state index is -0.751. The number of carbonyl (C=O) groups excluding carboxylic acids is 2. The highest BCUT2D eigenvalue weighted by Crippen LogP contribution is 2.20. The van der Waals surface area contributed by atoms with Crippen LogP contribution in [-0.2, 0) is 9.59 Å². The quantitative estimate of drug-likeness (QED) is 0.452. The van der Waals surface area contributed by atoms with Crippen LogP contribution in [0, 0.1) is 15.9 Å². The van der Waals surface area contributed by atoms with E-state index in [1.807, 2.05) is 13.8 Å². The van der Waals surface area contributed by atoms with E-state index in [1.165, 1.54) is 19.1 Å². The number of nitro groups is 1. The van der Waals surface area contributed by atoms with E-state index in [1.54, 1.807) is 0 Å². The van der Waals surface area contributed by atoms with Gasteiger partial charge in [-0.15, -0.1) is 0 Å². The largest absolute Gasteiger partial charge is 0.352 e. The molecule has 0 spiro atoms. The summed E-state index contributed by atoms with van der Waals surface area (Å²) in [5, 5.41) is 16.1. The van der Waals surface area contributed by atoms with Gasteiger partial charge in [0.2, 0.25) is 11.8 Å². The van der Waals surface area contributed by atoms with Gasteiger partial charge >= 0.3 is 0 Å². The maximum absolute atomic E-state index is 13.0. The molecule has 8 heteroatoms. The van der Waals surface area contributed by atoms with Gasteiger partial charge in [0.25, 0.3) is 5.69 Å². The predicted molar refractivity (Wildman–Crippen MR) is 87.6 cm³/mol. The molecule has 0 aliphatic heterocycles. The molecule has 0 aliphatic carbocycles. The van der Waals surface area contributed by atoms with Gasteiger partial charge in [-0.1, -0.05) is 6.92 Å². The zero-order valence-electron chi connectivity index (χ0n) is 13.7. The topological polar surface area (TPSA) is 101 Å².